The van der Waals surface area contributed by atoms with Crippen molar-refractivity contribution in [2.75, 3.05) is 5.32 Å². The number of nitrogens with one attached hydrogen (secondary N) is 2. The minimum atomic E-state index is -1.04. The molecule has 0 aliphatic rings. The monoisotopic (exact) mass is 459 g/mol. The van der Waals surface area contributed by atoms with Gasteiger partial charge in [0, 0.05) is 17.7 Å². The fourth-order valence-electron chi connectivity index (χ4n) is 3.37. The lowest BCUT2D eigenvalue weighted by Gasteiger charge is -2.10. The van der Waals surface area contributed by atoms with Crippen molar-refractivity contribution in [2.45, 2.75) is 0 Å². The third-order valence-electron chi connectivity index (χ3n) is 4.91. The molecule has 5 rings (SSSR count). The van der Waals surface area contributed by atoms with Gasteiger partial charge in [0.05, 0.1) is 12.0 Å². The Morgan fingerprint density at radius 1 is 0.941 bits per heavy atom. The molecule has 0 unspecified atom stereocenters. The Bertz CT molecular complexity index is 1520. The quantitative estimate of drug-likeness (QED) is 0.405. The summed E-state index contributed by atoms with van der Waals surface area (Å²) in [6, 6.07) is 18.2. The van der Waals surface area contributed by atoms with E-state index in [1.165, 1.54) is 18.4 Å². The summed E-state index contributed by atoms with van der Waals surface area (Å²) in [5.41, 5.74) is 0.131. The van der Waals surface area contributed by atoms with Crippen LogP contribution in [0.5, 0.6) is 0 Å². The molecule has 0 spiro atoms. The molecule has 1 amide bonds. The van der Waals surface area contributed by atoms with Crippen LogP contribution in [0.25, 0.3) is 28.7 Å². The second-order valence-corrected chi connectivity index (χ2v) is 7.17. The third kappa shape index (κ3) is 3.99. The number of anilines is 1. The molecule has 2 N–H and O–H groups in total. The molecule has 0 aliphatic carbocycles. The maximum atomic E-state index is 14.2. The predicted octanol–water partition coefficient (Wildman–Crippen LogP) is 4.41. The van der Waals surface area contributed by atoms with Crippen LogP contribution >= 0.6 is 0 Å². The molecule has 8 nitrogen and oxygen atoms in total. The fraction of sp³-hybridized carbons (Fsp3) is 0. The fourth-order valence-corrected chi connectivity index (χ4v) is 3.37. The number of rotatable bonds is 5. The number of hydrogen-bond acceptors (Lipinski definition) is 5. The first-order valence-electron chi connectivity index (χ1n) is 10.1. The number of furan rings is 1. The average molecular weight is 459 g/mol. The molecule has 0 bridgehead atoms. The predicted molar refractivity (Wildman–Crippen MR) is 119 cm³/mol. The molecule has 0 aliphatic heterocycles. The van der Waals surface area contributed by atoms with E-state index in [0.29, 0.717) is 22.7 Å². The third-order valence-corrected chi connectivity index (χ3v) is 4.91. The summed E-state index contributed by atoms with van der Waals surface area (Å²) < 4.78 is 34.8. The van der Waals surface area contributed by atoms with E-state index in [-0.39, 0.29) is 11.8 Å². The Balaban J connectivity index is 1.62. The molecule has 2 aromatic carbocycles. The van der Waals surface area contributed by atoms with Crippen molar-refractivity contribution in [2.24, 2.45) is 0 Å². The van der Waals surface area contributed by atoms with Crippen LogP contribution in [0.15, 0.2) is 88.3 Å². The maximum Gasteiger partial charge on any atom is 0.262 e. The van der Waals surface area contributed by atoms with Gasteiger partial charge in [0.2, 0.25) is 5.95 Å². The molecule has 0 saturated heterocycles. The van der Waals surface area contributed by atoms with E-state index < -0.39 is 28.7 Å². The number of hydrogen-bond donors (Lipinski definition) is 2. The second-order valence-electron chi connectivity index (χ2n) is 7.17. The Labute approximate surface area is 190 Å². The van der Waals surface area contributed by atoms with Crippen molar-refractivity contribution in [3.05, 3.63) is 107 Å². The van der Waals surface area contributed by atoms with E-state index >= 15 is 0 Å². The molecule has 168 valence electrons. The van der Waals surface area contributed by atoms with Gasteiger partial charge in [0.15, 0.2) is 5.76 Å². The van der Waals surface area contributed by atoms with Crippen LogP contribution in [0.2, 0.25) is 0 Å². The minimum Gasteiger partial charge on any atom is -0.463 e. The lowest BCUT2D eigenvalue weighted by molar-refractivity contribution is 0.101. The van der Waals surface area contributed by atoms with Crippen molar-refractivity contribution in [3.63, 3.8) is 0 Å². The lowest BCUT2D eigenvalue weighted by atomic mass is 10.1. The molecular weight excluding hydrogens is 444 g/mol. The molecular formula is C24H15F2N5O3. The number of H-pyrrole nitrogens is 1. The van der Waals surface area contributed by atoms with Gasteiger partial charge in [-0.25, -0.2) is 13.8 Å². The van der Waals surface area contributed by atoms with Gasteiger partial charge in [-0.1, -0.05) is 36.4 Å². The van der Waals surface area contributed by atoms with Crippen molar-refractivity contribution in [3.8, 4) is 28.7 Å². The molecule has 3 aromatic heterocycles. The van der Waals surface area contributed by atoms with E-state index in [4.69, 9.17) is 4.42 Å². The summed E-state index contributed by atoms with van der Waals surface area (Å²) in [4.78, 5) is 32.2. The van der Waals surface area contributed by atoms with Gasteiger partial charge < -0.3 is 9.73 Å². The minimum absolute atomic E-state index is 0.00687. The zero-order valence-corrected chi connectivity index (χ0v) is 17.3. The van der Waals surface area contributed by atoms with Crippen LogP contribution < -0.4 is 10.9 Å². The molecule has 0 fully saturated rings. The molecule has 5 aromatic rings. The van der Waals surface area contributed by atoms with E-state index in [1.54, 1.807) is 36.4 Å². The van der Waals surface area contributed by atoms with E-state index in [2.05, 4.69) is 20.4 Å². The Morgan fingerprint density at radius 2 is 1.71 bits per heavy atom. The molecule has 0 atom stereocenters. The van der Waals surface area contributed by atoms with Crippen molar-refractivity contribution in [1.29, 1.82) is 0 Å². The highest BCUT2D eigenvalue weighted by molar-refractivity contribution is 6.04. The number of nitrogens with zero attached hydrogens (tertiary/aromatic N) is 3. The van der Waals surface area contributed by atoms with Crippen molar-refractivity contribution >= 4 is 11.7 Å². The summed E-state index contributed by atoms with van der Waals surface area (Å²) >= 11 is 0. The van der Waals surface area contributed by atoms with Gasteiger partial charge in [-0.05, 0) is 24.3 Å². The summed E-state index contributed by atoms with van der Waals surface area (Å²) in [6.07, 6.45) is 1.44. The largest absolute Gasteiger partial charge is 0.463 e. The molecule has 0 saturated carbocycles. The number of halogens is 2. The van der Waals surface area contributed by atoms with Gasteiger partial charge >= 0.3 is 0 Å². The number of carbonyl (C=O) groups is 1. The molecule has 0 radical (unpaired) electrons. The van der Waals surface area contributed by atoms with Gasteiger partial charge in [0.25, 0.3) is 11.5 Å². The van der Waals surface area contributed by atoms with E-state index in [0.717, 1.165) is 22.9 Å². The van der Waals surface area contributed by atoms with E-state index in [9.17, 15) is 18.4 Å². The Morgan fingerprint density at radius 3 is 2.41 bits per heavy atom. The van der Waals surface area contributed by atoms with Gasteiger partial charge in [-0.2, -0.15) is 9.78 Å². The Hall–Kier alpha value is -4.86. The molecule has 10 heteroatoms. The van der Waals surface area contributed by atoms with Gasteiger partial charge in [-0.15, -0.1) is 0 Å². The van der Waals surface area contributed by atoms with Gasteiger partial charge in [0.1, 0.15) is 28.7 Å². The van der Waals surface area contributed by atoms with Crippen LogP contribution in [0, 0.1) is 11.6 Å². The van der Waals surface area contributed by atoms with Crippen molar-refractivity contribution in [1.82, 2.24) is 19.7 Å². The highest BCUT2D eigenvalue weighted by Gasteiger charge is 2.22. The number of aromatic nitrogens is 4. The number of benzene rings is 2. The first-order chi connectivity index (χ1) is 16.5. The summed E-state index contributed by atoms with van der Waals surface area (Å²) in [7, 11) is 0. The smallest absolute Gasteiger partial charge is 0.262 e. The highest BCUT2D eigenvalue weighted by Crippen LogP contribution is 2.26. The number of carbonyl (C=O) groups excluding carboxylic acids is 1. The van der Waals surface area contributed by atoms with E-state index in [1.807, 2.05) is 6.07 Å². The zero-order valence-electron chi connectivity index (χ0n) is 17.3. The summed E-state index contributed by atoms with van der Waals surface area (Å²) in [6.45, 7) is 0. The lowest BCUT2D eigenvalue weighted by Crippen LogP contribution is -2.20. The highest BCUT2D eigenvalue weighted by atomic mass is 19.1. The van der Waals surface area contributed by atoms with Crippen molar-refractivity contribution < 1.29 is 18.0 Å². The molecule has 3 heterocycles. The van der Waals surface area contributed by atoms with Crippen LogP contribution in [0.1, 0.15) is 10.4 Å². The van der Waals surface area contributed by atoms with Crippen LogP contribution in [0.3, 0.4) is 0 Å². The first kappa shape index (κ1) is 21.0. The molecule has 34 heavy (non-hydrogen) atoms. The van der Waals surface area contributed by atoms with Crippen LogP contribution in [-0.2, 0) is 0 Å². The number of aromatic amines is 1. The van der Waals surface area contributed by atoms with Crippen LogP contribution in [-0.4, -0.2) is 25.7 Å². The average Bonchev–Trinajstić information content (AvgIpc) is 3.49. The second kappa shape index (κ2) is 8.58. The van der Waals surface area contributed by atoms with Gasteiger partial charge in [-0.3, -0.25) is 14.6 Å². The van der Waals surface area contributed by atoms with Crippen LogP contribution in [0.4, 0.5) is 14.6 Å². The number of amides is 1. The maximum absolute atomic E-state index is 14.2. The normalized spacial score (nSPS) is 10.9. The summed E-state index contributed by atoms with van der Waals surface area (Å²) in [5.74, 6) is -2.72. The summed E-state index contributed by atoms with van der Waals surface area (Å²) in [5, 5.41) is 6.82. The first-order valence-corrected chi connectivity index (χ1v) is 10.1. The SMILES string of the molecule is O=C(Nc1cc(-c2ccco2)nn1-c1nc(-c2ccccc2)cc(=O)[nH]1)c1c(F)cccc1F. The topological polar surface area (TPSA) is 106 Å². The Kier molecular flexibility index (Phi) is 5.30. The standard InChI is InChI=1S/C24H15F2N5O3/c25-15-8-4-9-16(26)22(15)23(33)28-20-12-18(19-10-5-11-34-19)30-31(20)24-27-17(13-21(32)29-24)14-6-2-1-3-7-14/h1-13H,(H,28,33)(H,27,29,32). The zero-order chi connectivity index (χ0) is 23.7.